The molecule has 2 amide bonds. The van der Waals surface area contributed by atoms with Gasteiger partial charge in [0.1, 0.15) is 0 Å². The van der Waals surface area contributed by atoms with Gasteiger partial charge in [-0.3, -0.25) is 0 Å². The first-order valence-corrected chi connectivity index (χ1v) is 10.2. The fourth-order valence-corrected chi connectivity index (χ4v) is 3.60. The Hall–Kier alpha value is -3.31. The predicted octanol–water partition coefficient (Wildman–Crippen LogP) is 5.08. The number of nitrogens with one attached hydrogen (secondary N) is 1. The lowest BCUT2D eigenvalue weighted by Crippen LogP contribution is -2.36. The van der Waals surface area contributed by atoms with Gasteiger partial charge in [0.05, 0.1) is 17.4 Å². The summed E-state index contributed by atoms with van der Waals surface area (Å²) in [4.78, 5) is 18.5. The smallest absolute Gasteiger partial charge is 0.317 e. The zero-order chi connectivity index (χ0) is 20.9. The van der Waals surface area contributed by atoms with E-state index in [1.165, 1.54) is 5.56 Å². The van der Waals surface area contributed by atoms with E-state index < -0.39 is 0 Å². The molecule has 4 aromatic rings. The van der Waals surface area contributed by atoms with Crippen molar-refractivity contribution in [1.82, 2.24) is 19.8 Å². The summed E-state index contributed by atoms with van der Waals surface area (Å²) in [6.45, 7) is 1.74. The monoisotopic (exact) mass is 418 g/mol. The van der Waals surface area contributed by atoms with E-state index in [1.54, 1.807) is 11.9 Å². The second kappa shape index (κ2) is 9.01. The zero-order valence-electron chi connectivity index (χ0n) is 16.8. The molecular formula is C24H23ClN4O. The molecule has 0 fully saturated rings. The number of benzene rings is 3. The Morgan fingerprint density at radius 2 is 1.77 bits per heavy atom. The molecule has 152 valence electrons. The van der Waals surface area contributed by atoms with E-state index in [2.05, 4.69) is 33.1 Å². The van der Waals surface area contributed by atoms with Crippen LogP contribution in [0.25, 0.3) is 11.0 Å². The Bertz CT molecular complexity index is 1150. The molecule has 4 rings (SSSR count). The Morgan fingerprint density at radius 3 is 2.57 bits per heavy atom. The SMILES string of the molecule is CN(Cc1cccc(Cl)c1)C(=O)NCc1ccc(Cn2cnc3ccccc32)cc1. The van der Waals surface area contributed by atoms with Crippen LogP contribution in [0.3, 0.4) is 0 Å². The van der Waals surface area contributed by atoms with Gasteiger partial charge in [0.2, 0.25) is 0 Å². The largest absolute Gasteiger partial charge is 0.334 e. The third kappa shape index (κ3) is 4.81. The standard InChI is InChI=1S/C24H23ClN4O/c1-28(15-20-5-4-6-21(25)13-20)24(30)26-14-18-9-11-19(12-10-18)16-29-17-27-22-7-2-3-8-23(22)29/h2-13,17H,14-16H2,1H3,(H,26,30). The minimum absolute atomic E-state index is 0.121. The van der Waals surface area contributed by atoms with Crippen LogP contribution in [0.2, 0.25) is 5.02 Å². The number of hydrogen-bond donors (Lipinski definition) is 1. The zero-order valence-corrected chi connectivity index (χ0v) is 17.5. The van der Waals surface area contributed by atoms with Crippen molar-refractivity contribution in [3.63, 3.8) is 0 Å². The molecule has 0 saturated carbocycles. The summed E-state index contributed by atoms with van der Waals surface area (Å²) in [6.07, 6.45) is 1.87. The van der Waals surface area contributed by atoms with Crippen LogP contribution in [0.4, 0.5) is 4.79 Å². The van der Waals surface area contributed by atoms with Crippen molar-refractivity contribution in [2.24, 2.45) is 0 Å². The minimum Gasteiger partial charge on any atom is -0.334 e. The molecule has 0 aliphatic carbocycles. The number of para-hydroxylation sites is 2. The molecule has 30 heavy (non-hydrogen) atoms. The van der Waals surface area contributed by atoms with Crippen molar-refractivity contribution >= 4 is 28.7 Å². The van der Waals surface area contributed by atoms with Crippen LogP contribution in [0.15, 0.2) is 79.1 Å². The number of aromatic nitrogens is 2. The first-order chi connectivity index (χ1) is 14.6. The Labute approximate surface area is 180 Å². The maximum absolute atomic E-state index is 12.4. The highest BCUT2D eigenvalue weighted by Gasteiger charge is 2.09. The van der Waals surface area contributed by atoms with Crippen LogP contribution in [0, 0.1) is 0 Å². The molecule has 1 aromatic heterocycles. The Morgan fingerprint density at radius 1 is 1.00 bits per heavy atom. The molecule has 0 bridgehead atoms. The van der Waals surface area contributed by atoms with Gasteiger partial charge < -0.3 is 14.8 Å². The Kier molecular flexibility index (Phi) is 6.00. The summed E-state index contributed by atoms with van der Waals surface area (Å²) in [5.74, 6) is 0. The van der Waals surface area contributed by atoms with Crippen molar-refractivity contribution in [2.45, 2.75) is 19.6 Å². The second-order valence-electron chi connectivity index (χ2n) is 7.32. The highest BCUT2D eigenvalue weighted by atomic mass is 35.5. The maximum Gasteiger partial charge on any atom is 0.317 e. The van der Waals surface area contributed by atoms with Gasteiger partial charge in [0, 0.05) is 31.7 Å². The summed E-state index contributed by atoms with van der Waals surface area (Å²) < 4.78 is 2.14. The van der Waals surface area contributed by atoms with Crippen LogP contribution in [0.5, 0.6) is 0 Å². The third-order valence-corrected chi connectivity index (χ3v) is 5.24. The third-order valence-electron chi connectivity index (χ3n) is 5.00. The van der Waals surface area contributed by atoms with E-state index in [-0.39, 0.29) is 6.03 Å². The second-order valence-corrected chi connectivity index (χ2v) is 7.76. The van der Waals surface area contributed by atoms with Crippen molar-refractivity contribution < 1.29 is 4.79 Å². The number of nitrogens with zero attached hydrogens (tertiary/aromatic N) is 3. The van der Waals surface area contributed by atoms with Gasteiger partial charge in [-0.1, -0.05) is 60.1 Å². The molecule has 0 atom stereocenters. The number of fused-ring (bicyclic) bond motifs is 1. The Balaban J connectivity index is 1.31. The quantitative estimate of drug-likeness (QED) is 0.474. The molecule has 0 spiro atoms. The number of halogens is 1. The summed E-state index contributed by atoms with van der Waals surface area (Å²) in [7, 11) is 1.77. The van der Waals surface area contributed by atoms with Gasteiger partial charge in [0.15, 0.2) is 0 Å². The number of urea groups is 1. The first-order valence-electron chi connectivity index (χ1n) is 9.79. The van der Waals surface area contributed by atoms with Crippen molar-refractivity contribution in [2.75, 3.05) is 7.05 Å². The van der Waals surface area contributed by atoms with Crippen molar-refractivity contribution in [3.05, 3.63) is 101 Å². The average molecular weight is 419 g/mol. The van der Waals surface area contributed by atoms with Gasteiger partial charge in [0.25, 0.3) is 0 Å². The molecule has 6 heteroatoms. The van der Waals surface area contributed by atoms with E-state index in [0.29, 0.717) is 18.1 Å². The fourth-order valence-electron chi connectivity index (χ4n) is 3.39. The molecule has 3 aromatic carbocycles. The van der Waals surface area contributed by atoms with Crippen molar-refractivity contribution in [3.8, 4) is 0 Å². The van der Waals surface area contributed by atoms with E-state index in [1.807, 2.05) is 60.9 Å². The molecule has 0 aliphatic heterocycles. The van der Waals surface area contributed by atoms with Crippen LogP contribution >= 0.6 is 11.6 Å². The number of carbonyl (C=O) groups excluding carboxylic acids is 1. The van der Waals surface area contributed by atoms with Crippen LogP contribution in [0.1, 0.15) is 16.7 Å². The van der Waals surface area contributed by atoms with Gasteiger partial charge in [-0.2, -0.15) is 0 Å². The van der Waals surface area contributed by atoms with E-state index >= 15 is 0 Å². The summed E-state index contributed by atoms with van der Waals surface area (Å²) >= 11 is 6.01. The average Bonchev–Trinajstić information content (AvgIpc) is 3.16. The summed E-state index contributed by atoms with van der Waals surface area (Å²) in [6, 6.07) is 23.8. The van der Waals surface area contributed by atoms with Crippen LogP contribution in [-0.4, -0.2) is 27.5 Å². The predicted molar refractivity (Wildman–Crippen MR) is 120 cm³/mol. The molecule has 0 unspecified atom stereocenters. The highest BCUT2D eigenvalue weighted by Crippen LogP contribution is 2.15. The van der Waals surface area contributed by atoms with E-state index in [4.69, 9.17) is 11.6 Å². The fraction of sp³-hybridized carbons (Fsp3) is 0.167. The van der Waals surface area contributed by atoms with Crippen LogP contribution < -0.4 is 5.32 Å². The van der Waals surface area contributed by atoms with Gasteiger partial charge in [-0.05, 0) is 41.0 Å². The van der Waals surface area contributed by atoms with Crippen molar-refractivity contribution in [1.29, 1.82) is 0 Å². The molecule has 0 radical (unpaired) electrons. The lowest BCUT2D eigenvalue weighted by molar-refractivity contribution is 0.206. The molecular weight excluding hydrogens is 396 g/mol. The molecule has 0 aliphatic rings. The van der Waals surface area contributed by atoms with E-state index in [0.717, 1.165) is 28.7 Å². The lowest BCUT2D eigenvalue weighted by Gasteiger charge is -2.18. The number of carbonyl (C=O) groups is 1. The first kappa shape index (κ1) is 20.0. The summed E-state index contributed by atoms with van der Waals surface area (Å²) in [5.41, 5.74) is 5.36. The minimum atomic E-state index is -0.121. The topological polar surface area (TPSA) is 50.2 Å². The normalized spacial score (nSPS) is 10.9. The van der Waals surface area contributed by atoms with Crippen LogP contribution in [-0.2, 0) is 19.6 Å². The van der Waals surface area contributed by atoms with Gasteiger partial charge in [-0.25, -0.2) is 9.78 Å². The van der Waals surface area contributed by atoms with Gasteiger partial charge in [-0.15, -0.1) is 0 Å². The number of imidazole rings is 1. The maximum atomic E-state index is 12.4. The molecule has 1 N–H and O–H groups in total. The van der Waals surface area contributed by atoms with E-state index in [9.17, 15) is 4.79 Å². The number of hydrogen-bond acceptors (Lipinski definition) is 2. The number of rotatable bonds is 6. The summed E-state index contributed by atoms with van der Waals surface area (Å²) in [5, 5.41) is 3.63. The molecule has 5 nitrogen and oxygen atoms in total. The number of amides is 2. The lowest BCUT2D eigenvalue weighted by atomic mass is 10.1. The molecule has 1 heterocycles. The molecule has 0 saturated heterocycles. The highest BCUT2D eigenvalue weighted by molar-refractivity contribution is 6.30. The van der Waals surface area contributed by atoms with Gasteiger partial charge >= 0.3 is 6.03 Å².